The summed E-state index contributed by atoms with van der Waals surface area (Å²) < 4.78 is 6.70. The van der Waals surface area contributed by atoms with Crippen molar-refractivity contribution < 1.29 is 9.21 Å². The van der Waals surface area contributed by atoms with Gasteiger partial charge in [0.15, 0.2) is 11.0 Å². The number of halogens is 2. The van der Waals surface area contributed by atoms with Gasteiger partial charge in [-0.15, -0.1) is 0 Å². The summed E-state index contributed by atoms with van der Waals surface area (Å²) in [5, 5.41) is 5.00. The topological polar surface area (TPSA) is 48.0 Å². The van der Waals surface area contributed by atoms with Crippen LogP contribution >= 0.6 is 23.2 Å². The highest BCUT2D eigenvalue weighted by atomic mass is 35.5. The molecule has 0 aliphatic rings. The lowest BCUT2D eigenvalue weighted by Gasteiger charge is -2.00. The zero-order valence-electron chi connectivity index (χ0n) is 10.0. The first-order valence-electron chi connectivity index (χ1n) is 5.51. The van der Waals surface area contributed by atoms with E-state index < -0.39 is 0 Å². The van der Waals surface area contributed by atoms with E-state index >= 15 is 0 Å². The van der Waals surface area contributed by atoms with E-state index in [1.54, 1.807) is 17.8 Å². The van der Waals surface area contributed by atoms with Crippen LogP contribution in [-0.2, 0) is 19.9 Å². The summed E-state index contributed by atoms with van der Waals surface area (Å²) in [6.07, 6.45) is 0.875. The number of carbonyl (C=O) groups is 1. The average Bonchev–Trinajstić information content (AvgIpc) is 2.87. The second-order valence-corrected chi connectivity index (χ2v) is 4.64. The van der Waals surface area contributed by atoms with Crippen LogP contribution in [0.1, 0.15) is 28.9 Å². The molecule has 0 amide bonds. The summed E-state index contributed by atoms with van der Waals surface area (Å²) >= 11 is 11.8. The van der Waals surface area contributed by atoms with Gasteiger partial charge in [0.2, 0.25) is 5.78 Å². The maximum absolute atomic E-state index is 12.0. The molecule has 2 aromatic rings. The highest BCUT2D eigenvalue weighted by Gasteiger charge is 2.19. The Morgan fingerprint density at radius 3 is 2.67 bits per heavy atom. The third-order valence-electron chi connectivity index (χ3n) is 2.68. The molecule has 0 N–H and O–H groups in total. The summed E-state index contributed by atoms with van der Waals surface area (Å²) in [6.45, 7) is 1.96. The van der Waals surface area contributed by atoms with Crippen molar-refractivity contribution in [2.24, 2.45) is 7.05 Å². The van der Waals surface area contributed by atoms with Gasteiger partial charge in [-0.05, 0) is 30.2 Å². The fourth-order valence-electron chi connectivity index (χ4n) is 1.72. The van der Waals surface area contributed by atoms with Gasteiger partial charge >= 0.3 is 0 Å². The quantitative estimate of drug-likeness (QED) is 0.810. The SMILES string of the molecule is CCc1nn(C)c(CC(=O)c2ccc(Cl)o2)c1Cl. The fourth-order valence-corrected chi connectivity index (χ4v) is 2.22. The second-order valence-electron chi connectivity index (χ2n) is 3.89. The molecule has 2 aromatic heterocycles. The first-order chi connectivity index (χ1) is 8.52. The molecule has 0 aromatic carbocycles. The number of aryl methyl sites for hydroxylation is 2. The molecule has 2 heterocycles. The molecule has 18 heavy (non-hydrogen) atoms. The van der Waals surface area contributed by atoms with Crippen LogP contribution in [0.15, 0.2) is 16.5 Å². The summed E-state index contributed by atoms with van der Waals surface area (Å²) in [7, 11) is 1.77. The predicted molar refractivity (Wildman–Crippen MR) is 69.3 cm³/mol. The third-order valence-corrected chi connectivity index (χ3v) is 3.32. The average molecular weight is 287 g/mol. The Hall–Kier alpha value is -1.26. The van der Waals surface area contributed by atoms with Crippen molar-refractivity contribution in [1.82, 2.24) is 9.78 Å². The van der Waals surface area contributed by atoms with Crippen LogP contribution in [0.2, 0.25) is 10.2 Å². The summed E-state index contributed by atoms with van der Waals surface area (Å²) in [6, 6.07) is 3.09. The van der Waals surface area contributed by atoms with E-state index in [0.29, 0.717) is 10.7 Å². The maximum atomic E-state index is 12.0. The Kier molecular flexibility index (Phi) is 3.78. The molecule has 0 radical (unpaired) electrons. The van der Waals surface area contributed by atoms with Gasteiger partial charge in [0, 0.05) is 7.05 Å². The van der Waals surface area contributed by atoms with Crippen molar-refractivity contribution in [2.45, 2.75) is 19.8 Å². The Balaban J connectivity index is 2.24. The predicted octanol–water partition coefficient (Wildman–Crippen LogP) is 3.31. The van der Waals surface area contributed by atoms with Crippen LogP contribution in [0.4, 0.5) is 0 Å². The first-order valence-corrected chi connectivity index (χ1v) is 6.27. The van der Waals surface area contributed by atoms with Crippen molar-refractivity contribution >= 4 is 29.0 Å². The molecule has 0 aliphatic carbocycles. The van der Waals surface area contributed by atoms with Gasteiger partial charge in [0.05, 0.1) is 22.8 Å². The number of carbonyl (C=O) groups excluding carboxylic acids is 1. The molecule has 0 saturated heterocycles. The van der Waals surface area contributed by atoms with Crippen molar-refractivity contribution in [3.05, 3.63) is 39.5 Å². The minimum Gasteiger partial charge on any atom is -0.442 e. The smallest absolute Gasteiger partial charge is 0.204 e. The van der Waals surface area contributed by atoms with E-state index in [1.807, 2.05) is 6.92 Å². The highest BCUT2D eigenvalue weighted by molar-refractivity contribution is 6.32. The number of hydrogen-bond acceptors (Lipinski definition) is 3. The molecule has 96 valence electrons. The number of ketones is 1. The fraction of sp³-hybridized carbons (Fsp3) is 0.333. The lowest BCUT2D eigenvalue weighted by atomic mass is 10.1. The number of nitrogens with zero attached hydrogens (tertiary/aromatic N) is 2. The minimum atomic E-state index is -0.172. The van der Waals surface area contributed by atoms with Gasteiger partial charge in [-0.3, -0.25) is 9.48 Å². The molecule has 0 bridgehead atoms. The molecule has 2 rings (SSSR count). The number of aromatic nitrogens is 2. The van der Waals surface area contributed by atoms with Crippen LogP contribution in [0.25, 0.3) is 0 Å². The van der Waals surface area contributed by atoms with E-state index in [0.717, 1.165) is 12.1 Å². The lowest BCUT2D eigenvalue weighted by Crippen LogP contribution is -2.07. The largest absolute Gasteiger partial charge is 0.442 e. The van der Waals surface area contributed by atoms with Crippen LogP contribution in [0, 0.1) is 0 Å². The van der Waals surface area contributed by atoms with Gasteiger partial charge in [0.1, 0.15) is 0 Å². The van der Waals surface area contributed by atoms with E-state index in [1.165, 1.54) is 6.07 Å². The molecule has 0 fully saturated rings. The van der Waals surface area contributed by atoms with Gasteiger partial charge in [-0.2, -0.15) is 5.10 Å². The van der Waals surface area contributed by atoms with E-state index in [2.05, 4.69) is 5.10 Å². The van der Waals surface area contributed by atoms with Crippen LogP contribution in [-0.4, -0.2) is 15.6 Å². The molecule has 0 aliphatic heterocycles. The Labute approximate surface area is 114 Å². The van der Waals surface area contributed by atoms with E-state index in [9.17, 15) is 4.79 Å². The summed E-state index contributed by atoms with van der Waals surface area (Å²) in [5.74, 6) is 0.0600. The molecule has 0 unspecified atom stereocenters. The number of Topliss-reactive ketones (excluding diaryl/α,β-unsaturated/α-hetero) is 1. The lowest BCUT2D eigenvalue weighted by molar-refractivity contribution is 0.0964. The molecular formula is C12H12Cl2N2O2. The Morgan fingerprint density at radius 2 is 2.17 bits per heavy atom. The van der Waals surface area contributed by atoms with Gasteiger partial charge in [0.25, 0.3) is 0 Å². The van der Waals surface area contributed by atoms with Gasteiger partial charge < -0.3 is 4.42 Å². The molecule has 0 spiro atoms. The van der Waals surface area contributed by atoms with Crippen LogP contribution < -0.4 is 0 Å². The highest BCUT2D eigenvalue weighted by Crippen LogP contribution is 2.23. The Bertz CT molecular complexity index is 587. The standard InChI is InChI=1S/C12H12Cl2N2O2/c1-3-7-12(14)8(16(2)15-7)6-9(17)10-4-5-11(13)18-10/h4-5H,3,6H2,1-2H3. The number of furan rings is 1. The number of hydrogen-bond donors (Lipinski definition) is 0. The monoisotopic (exact) mass is 286 g/mol. The van der Waals surface area contributed by atoms with Gasteiger partial charge in [-0.25, -0.2) is 0 Å². The van der Waals surface area contributed by atoms with Crippen molar-refractivity contribution in [2.75, 3.05) is 0 Å². The summed E-state index contributed by atoms with van der Waals surface area (Å²) in [4.78, 5) is 12.0. The molecule has 0 atom stereocenters. The van der Waals surface area contributed by atoms with E-state index in [-0.39, 0.29) is 23.2 Å². The molecule has 6 heteroatoms. The van der Waals surface area contributed by atoms with Crippen molar-refractivity contribution in [3.63, 3.8) is 0 Å². The molecule has 4 nitrogen and oxygen atoms in total. The van der Waals surface area contributed by atoms with Gasteiger partial charge in [-0.1, -0.05) is 18.5 Å². The van der Waals surface area contributed by atoms with Crippen molar-refractivity contribution in [1.29, 1.82) is 0 Å². The van der Waals surface area contributed by atoms with Crippen molar-refractivity contribution in [3.8, 4) is 0 Å². The zero-order chi connectivity index (χ0) is 13.3. The van der Waals surface area contributed by atoms with Crippen LogP contribution in [0.3, 0.4) is 0 Å². The van der Waals surface area contributed by atoms with E-state index in [4.69, 9.17) is 27.6 Å². The second kappa shape index (κ2) is 5.16. The maximum Gasteiger partial charge on any atom is 0.204 e. The molecular weight excluding hydrogens is 275 g/mol. The summed E-state index contributed by atoms with van der Waals surface area (Å²) in [5.41, 5.74) is 1.48. The normalized spacial score (nSPS) is 10.9. The zero-order valence-corrected chi connectivity index (χ0v) is 11.5. The van der Waals surface area contributed by atoms with Crippen LogP contribution in [0.5, 0.6) is 0 Å². The first kappa shape index (κ1) is 13.2. The minimum absolute atomic E-state index is 0.145. The third kappa shape index (κ3) is 2.44. The molecule has 0 saturated carbocycles. The number of rotatable bonds is 4. The Morgan fingerprint density at radius 1 is 1.44 bits per heavy atom.